The molecule has 1 aromatic heterocycles. The first kappa shape index (κ1) is 35.0. The van der Waals surface area contributed by atoms with Crippen LogP contribution in [0.1, 0.15) is 69.2 Å². The molecule has 0 saturated carbocycles. The number of benzene rings is 1. The van der Waals surface area contributed by atoms with Gasteiger partial charge in [0.05, 0.1) is 23.8 Å². The van der Waals surface area contributed by atoms with Crippen LogP contribution in [0, 0.1) is 22.7 Å². The van der Waals surface area contributed by atoms with E-state index in [4.69, 9.17) is 14.8 Å². The van der Waals surface area contributed by atoms with Crippen LogP contribution in [0.2, 0.25) is 0 Å². The summed E-state index contributed by atoms with van der Waals surface area (Å²) in [6.45, 7) is 12.1. The summed E-state index contributed by atoms with van der Waals surface area (Å²) in [5.41, 5.74) is 4.15. The Kier molecular flexibility index (Phi) is 15.9. The third-order valence-electron chi connectivity index (χ3n) is 6.89. The van der Waals surface area contributed by atoms with Crippen molar-refractivity contribution >= 4 is 23.3 Å². The third kappa shape index (κ3) is 9.94. The predicted octanol–water partition coefficient (Wildman–Crippen LogP) is 5.98. The van der Waals surface area contributed by atoms with Crippen molar-refractivity contribution in [2.75, 3.05) is 63.3 Å². The van der Waals surface area contributed by atoms with Gasteiger partial charge in [0.25, 0.3) is 0 Å². The smallest absolute Gasteiger partial charge is 0.148 e. The van der Waals surface area contributed by atoms with Crippen LogP contribution >= 0.6 is 11.8 Å². The number of aromatic nitrogens is 1. The Morgan fingerprint density at radius 3 is 2.33 bits per heavy atom. The van der Waals surface area contributed by atoms with Crippen LogP contribution in [-0.4, -0.2) is 74.6 Å². The highest BCUT2D eigenvalue weighted by molar-refractivity contribution is 7.98. The Morgan fingerprint density at radius 1 is 1.10 bits per heavy atom. The molecule has 8 nitrogen and oxygen atoms in total. The lowest BCUT2D eigenvalue weighted by Gasteiger charge is -2.37. The van der Waals surface area contributed by atoms with Gasteiger partial charge in [0, 0.05) is 58.3 Å². The lowest BCUT2D eigenvalue weighted by Crippen LogP contribution is -2.47. The van der Waals surface area contributed by atoms with Gasteiger partial charge in [-0.2, -0.15) is 10.5 Å². The number of morpholine rings is 1. The van der Waals surface area contributed by atoms with Crippen LogP contribution in [0.25, 0.3) is 0 Å². The Hall–Kier alpha value is -3.24. The van der Waals surface area contributed by atoms with Crippen molar-refractivity contribution in [3.05, 3.63) is 58.8 Å². The fourth-order valence-corrected chi connectivity index (χ4v) is 5.66. The van der Waals surface area contributed by atoms with E-state index in [1.165, 1.54) is 12.0 Å². The van der Waals surface area contributed by atoms with E-state index in [0.717, 1.165) is 37.2 Å². The number of rotatable bonds is 9. The zero-order valence-electron chi connectivity index (χ0n) is 26.3. The topological polar surface area (TPSA) is 99.7 Å². The molecular formula is C33H48N6O2S. The normalized spacial score (nSPS) is 15.9. The highest BCUT2D eigenvalue weighted by Crippen LogP contribution is 2.34. The Balaban J connectivity index is 0.000000947. The number of ether oxygens (including phenoxy) is 1. The molecule has 0 bridgehead atoms. The SMILES string of the molecule is CC.CCCO.CCc1c(C#N)c(SCc2ccc(N(C)C)cc2)nc(N2CCOC(CN3C=CCCC3)C2)c1C#N. The number of hydrogen-bond acceptors (Lipinski definition) is 9. The molecular weight excluding hydrogens is 544 g/mol. The summed E-state index contributed by atoms with van der Waals surface area (Å²) in [6, 6.07) is 13.1. The quantitative estimate of drug-likeness (QED) is 0.353. The van der Waals surface area contributed by atoms with Gasteiger partial charge in [0.15, 0.2) is 0 Å². The standard InChI is InChI=1S/C28H34N6OS.C3H8O.C2H6/c1-4-24-25(16-29)27(34-14-15-35-23(19-34)18-33-12-6-5-7-13-33)31-28(26(24)17-30)36-20-21-8-10-22(11-9-21)32(2)3;1-2-3-4;1-2/h6,8-12,23H,4-5,7,13-15,18-20H2,1-3H3;4H,2-3H2,1H3;1-2H3. The molecule has 2 aromatic rings. The minimum absolute atomic E-state index is 0.0434. The van der Waals surface area contributed by atoms with E-state index in [0.29, 0.717) is 60.4 Å². The molecule has 9 heteroatoms. The minimum Gasteiger partial charge on any atom is -0.396 e. The van der Waals surface area contributed by atoms with Gasteiger partial charge in [-0.15, -0.1) is 11.8 Å². The van der Waals surface area contributed by atoms with Crippen molar-refractivity contribution in [1.82, 2.24) is 9.88 Å². The summed E-state index contributed by atoms with van der Waals surface area (Å²) in [7, 11) is 4.05. The second-order valence-electron chi connectivity index (χ2n) is 10.1. The molecule has 1 aromatic carbocycles. The third-order valence-corrected chi connectivity index (χ3v) is 7.93. The summed E-state index contributed by atoms with van der Waals surface area (Å²) < 4.78 is 6.08. The van der Waals surface area contributed by atoms with Gasteiger partial charge >= 0.3 is 0 Å². The van der Waals surface area contributed by atoms with E-state index in [9.17, 15) is 10.5 Å². The second kappa shape index (κ2) is 19.0. The number of pyridine rings is 1. The summed E-state index contributed by atoms with van der Waals surface area (Å²) in [6.07, 6.45) is 8.21. The van der Waals surface area contributed by atoms with Crippen molar-refractivity contribution in [3.8, 4) is 12.1 Å². The molecule has 1 fully saturated rings. The zero-order chi connectivity index (χ0) is 30.9. The number of hydrogen-bond donors (Lipinski definition) is 1. The summed E-state index contributed by atoms with van der Waals surface area (Å²) in [5, 5.41) is 28.7. The van der Waals surface area contributed by atoms with Crippen LogP contribution in [0.3, 0.4) is 0 Å². The monoisotopic (exact) mass is 592 g/mol. The van der Waals surface area contributed by atoms with Gasteiger partial charge in [-0.1, -0.05) is 45.9 Å². The number of aliphatic hydroxyl groups excluding tert-OH is 1. The first-order valence-electron chi connectivity index (χ1n) is 15.1. The number of anilines is 2. The summed E-state index contributed by atoms with van der Waals surface area (Å²) >= 11 is 1.56. The first-order chi connectivity index (χ1) is 20.4. The molecule has 0 aliphatic carbocycles. The molecule has 3 heterocycles. The van der Waals surface area contributed by atoms with E-state index in [1.54, 1.807) is 11.8 Å². The fourth-order valence-electron chi connectivity index (χ4n) is 4.70. The van der Waals surface area contributed by atoms with Gasteiger partial charge in [-0.25, -0.2) is 4.98 Å². The molecule has 0 radical (unpaired) electrons. The average Bonchev–Trinajstić information content (AvgIpc) is 3.04. The average molecular weight is 593 g/mol. The highest BCUT2D eigenvalue weighted by atomic mass is 32.2. The molecule has 42 heavy (non-hydrogen) atoms. The Labute approximate surface area is 257 Å². The molecule has 1 saturated heterocycles. The van der Waals surface area contributed by atoms with E-state index in [2.05, 4.69) is 63.4 Å². The minimum atomic E-state index is 0.0434. The van der Waals surface area contributed by atoms with Crippen LogP contribution in [0.4, 0.5) is 11.5 Å². The second-order valence-corrected chi connectivity index (χ2v) is 11.0. The van der Waals surface area contributed by atoms with E-state index >= 15 is 0 Å². The lowest BCUT2D eigenvalue weighted by molar-refractivity contribution is 0.0231. The summed E-state index contributed by atoms with van der Waals surface area (Å²) in [5.74, 6) is 1.39. The number of allylic oxidation sites excluding steroid dienone is 1. The maximum Gasteiger partial charge on any atom is 0.148 e. The summed E-state index contributed by atoms with van der Waals surface area (Å²) in [4.78, 5) is 11.5. The number of nitrogens with zero attached hydrogens (tertiary/aromatic N) is 6. The Bertz CT molecular complexity index is 1200. The van der Waals surface area contributed by atoms with Crippen molar-refractivity contribution in [2.45, 2.75) is 70.3 Å². The highest BCUT2D eigenvalue weighted by Gasteiger charge is 2.28. The molecule has 0 amide bonds. The molecule has 1 unspecified atom stereocenters. The van der Waals surface area contributed by atoms with Crippen LogP contribution in [-0.2, 0) is 16.9 Å². The van der Waals surface area contributed by atoms with Crippen LogP contribution < -0.4 is 9.80 Å². The molecule has 1 N–H and O–H groups in total. The molecule has 4 rings (SSSR count). The predicted molar refractivity (Wildman–Crippen MR) is 174 cm³/mol. The lowest BCUT2D eigenvalue weighted by atomic mass is 10.0. The molecule has 228 valence electrons. The number of thioether (sulfide) groups is 1. The first-order valence-corrected chi connectivity index (χ1v) is 16.1. The molecule has 0 spiro atoms. The molecule has 1 atom stereocenters. The van der Waals surface area contributed by atoms with Crippen molar-refractivity contribution in [3.63, 3.8) is 0 Å². The van der Waals surface area contributed by atoms with Gasteiger partial charge in [-0.05, 0) is 55.1 Å². The van der Waals surface area contributed by atoms with E-state index < -0.39 is 0 Å². The van der Waals surface area contributed by atoms with Crippen molar-refractivity contribution in [2.24, 2.45) is 0 Å². The fraction of sp³-hybridized carbons (Fsp3) is 0.545. The van der Waals surface area contributed by atoms with Crippen LogP contribution in [0.15, 0.2) is 41.6 Å². The Morgan fingerprint density at radius 2 is 1.79 bits per heavy atom. The molecule has 2 aliphatic rings. The number of aliphatic hydroxyl groups is 1. The largest absolute Gasteiger partial charge is 0.396 e. The number of nitriles is 2. The van der Waals surface area contributed by atoms with Gasteiger partial charge < -0.3 is 24.5 Å². The van der Waals surface area contributed by atoms with Gasteiger partial charge in [0.2, 0.25) is 0 Å². The van der Waals surface area contributed by atoms with Crippen molar-refractivity contribution in [1.29, 1.82) is 10.5 Å². The zero-order valence-corrected chi connectivity index (χ0v) is 27.1. The van der Waals surface area contributed by atoms with E-state index in [-0.39, 0.29) is 6.10 Å². The van der Waals surface area contributed by atoms with Gasteiger partial charge in [0.1, 0.15) is 23.0 Å². The molecule has 2 aliphatic heterocycles. The maximum absolute atomic E-state index is 10.1. The maximum atomic E-state index is 10.1. The van der Waals surface area contributed by atoms with E-state index in [1.807, 2.05) is 41.8 Å². The van der Waals surface area contributed by atoms with Crippen LogP contribution in [0.5, 0.6) is 0 Å². The van der Waals surface area contributed by atoms with Crippen molar-refractivity contribution < 1.29 is 9.84 Å². The van der Waals surface area contributed by atoms with Gasteiger partial charge in [-0.3, -0.25) is 0 Å².